The molecule has 0 bridgehead atoms. The molecule has 1 aliphatic rings. The zero-order valence-electron chi connectivity index (χ0n) is 21.4. The van der Waals surface area contributed by atoms with E-state index >= 15 is 0 Å². The summed E-state index contributed by atoms with van der Waals surface area (Å²) in [5.74, 6) is 1.79. The number of benzene rings is 3. The Morgan fingerprint density at radius 2 is 1.85 bits per heavy atom. The molecule has 1 aromatic heterocycles. The van der Waals surface area contributed by atoms with Gasteiger partial charge in [0.25, 0.3) is 5.91 Å². The molecule has 4 aromatic rings. The molecule has 200 valence electrons. The van der Waals surface area contributed by atoms with Gasteiger partial charge in [0.15, 0.2) is 11.5 Å². The zero-order valence-corrected chi connectivity index (χ0v) is 23.7. The number of nitrogens with zero attached hydrogens (tertiary/aromatic N) is 3. The van der Waals surface area contributed by atoms with E-state index in [1.54, 1.807) is 31.0 Å². The van der Waals surface area contributed by atoms with Crippen LogP contribution in [0.5, 0.6) is 17.2 Å². The van der Waals surface area contributed by atoms with Crippen LogP contribution in [0.25, 0.3) is 0 Å². The summed E-state index contributed by atoms with van der Waals surface area (Å²) in [6.45, 7) is 2.15. The van der Waals surface area contributed by atoms with Crippen molar-refractivity contribution >= 4 is 45.1 Å². The van der Waals surface area contributed by atoms with Gasteiger partial charge in [-0.25, -0.2) is 4.68 Å². The minimum atomic E-state index is -0.603. The molecule has 1 amide bonds. The van der Waals surface area contributed by atoms with Crippen LogP contribution in [0.3, 0.4) is 0 Å². The lowest BCUT2D eigenvalue weighted by Crippen LogP contribution is -2.31. The maximum absolute atomic E-state index is 13.7. The molecular weight excluding hydrogens is 586 g/mol. The van der Waals surface area contributed by atoms with Crippen molar-refractivity contribution in [3.05, 3.63) is 98.9 Å². The first-order valence-corrected chi connectivity index (χ1v) is 13.1. The SMILES string of the molecule is COc1ccccc1NC(=O)C1=C(C)Nc2ncnn2C1c1cc(Br)c(OCc2ccc(Cl)cc2)c(OC)c1. The molecule has 11 heteroatoms. The maximum atomic E-state index is 13.7. The first-order valence-electron chi connectivity index (χ1n) is 12.0. The molecule has 0 fully saturated rings. The minimum absolute atomic E-state index is 0.311. The molecule has 5 rings (SSSR count). The second-order valence-corrected chi connectivity index (χ2v) is 9.99. The topological polar surface area (TPSA) is 99.5 Å². The van der Waals surface area contributed by atoms with Gasteiger partial charge >= 0.3 is 0 Å². The molecule has 39 heavy (non-hydrogen) atoms. The molecule has 0 radical (unpaired) electrons. The van der Waals surface area contributed by atoms with E-state index in [1.165, 1.54) is 6.33 Å². The van der Waals surface area contributed by atoms with Gasteiger partial charge in [0, 0.05) is 10.7 Å². The number of carbonyl (C=O) groups is 1. The van der Waals surface area contributed by atoms with Crippen LogP contribution in [0, 0.1) is 0 Å². The molecule has 9 nitrogen and oxygen atoms in total. The Labute approximate surface area is 238 Å². The third kappa shape index (κ3) is 5.43. The van der Waals surface area contributed by atoms with Crippen LogP contribution in [0.2, 0.25) is 5.02 Å². The molecule has 0 saturated carbocycles. The number of rotatable bonds is 8. The number of amides is 1. The summed E-state index contributed by atoms with van der Waals surface area (Å²) in [5, 5.41) is 11.2. The number of methoxy groups -OCH3 is 2. The highest BCUT2D eigenvalue weighted by Crippen LogP contribution is 2.43. The predicted molar refractivity (Wildman–Crippen MR) is 153 cm³/mol. The summed E-state index contributed by atoms with van der Waals surface area (Å²) >= 11 is 9.65. The molecule has 0 spiro atoms. The zero-order chi connectivity index (χ0) is 27.5. The Balaban J connectivity index is 1.51. The normalized spacial score (nSPS) is 14.3. The largest absolute Gasteiger partial charge is 0.495 e. The van der Waals surface area contributed by atoms with Gasteiger partial charge in [0.05, 0.1) is 30.0 Å². The Morgan fingerprint density at radius 1 is 1.10 bits per heavy atom. The van der Waals surface area contributed by atoms with Crippen molar-refractivity contribution in [3.63, 3.8) is 0 Å². The summed E-state index contributed by atoms with van der Waals surface area (Å²) in [7, 11) is 3.13. The summed E-state index contributed by atoms with van der Waals surface area (Å²) < 4.78 is 19.6. The number of allylic oxidation sites excluding steroid dienone is 1. The van der Waals surface area contributed by atoms with Crippen LogP contribution in [-0.2, 0) is 11.4 Å². The fourth-order valence-electron chi connectivity index (χ4n) is 4.40. The quantitative estimate of drug-likeness (QED) is 0.244. The molecule has 2 heterocycles. The van der Waals surface area contributed by atoms with Gasteiger partial charge in [0.2, 0.25) is 5.95 Å². The molecule has 0 saturated heterocycles. The van der Waals surface area contributed by atoms with Crippen molar-refractivity contribution in [2.45, 2.75) is 19.6 Å². The average molecular weight is 611 g/mol. The van der Waals surface area contributed by atoms with Crippen molar-refractivity contribution in [1.29, 1.82) is 0 Å². The van der Waals surface area contributed by atoms with Gasteiger partial charge in [0.1, 0.15) is 24.7 Å². The number of halogens is 2. The molecular formula is C28H25BrClN5O4. The molecule has 2 N–H and O–H groups in total. The van der Waals surface area contributed by atoms with E-state index in [1.807, 2.05) is 55.5 Å². The predicted octanol–water partition coefficient (Wildman–Crippen LogP) is 6.22. The molecule has 1 aliphatic heterocycles. The fraction of sp³-hybridized carbons (Fsp3) is 0.179. The van der Waals surface area contributed by atoms with Crippen LogP contribution in [0.4, 0.5) is 11.6 Å². The maximum Gasteiger partial charge on any atom is 0.255 e. The Kier molecular flexibility index (Phi) is 7.76. The highest BCUT2D eigenvalue weighted by atomic mass is 79.9. The van der Waals surface area contributed by atoms with Gasteiger partial charge in [-0.15, -0.1) is 0 Å². The van der Waals surface area contributed by atoms with Crippen LogP contribution >= 0.6 is 27.5 Å². The number of hydrogen-bond acceptors (Lipinski definition) is 7. The van der Waals surface area contributed by atoms with Crippen LogP contribution < -0.4 is 24.8 Å². The van der Waals surface area contributed by atoms with Gasteiger partial charge in [-0.2, -0.15) is 10.1 Å². The third-order valence-electron chi connectivity index (χ3n) is 6.26. The Morgan fingerprint density at radius 3 is 2.59 bits per heavy atom. The first kappa shape index (κ1) is 26.6. The van der Waals surface area contributed by atoms with Crippen molar-refractivity contribution < 1.29 is 19.0 Å². The van der Waals surface area contributed by atoms with E-state index in [0.717, 1.165) is 11.1 Å². The van der Waals surface area contributed by atoms with E-state index in [-0.39, 0.29) is 5.91 Å². The lowest BCUT2D eigenvalue weighted by Gasteiger charge is -2.29. The molecule has 1 unspecified atom stereocenters. The van der Waals surface area contributed by atoms with E-state index in [4.69, 9.17) is 25.8 Å². The van der Waals surface area contributed by atoms with Crippen molar-refractivity contribution in [2.24, 2.45) is 0 Å². The van der Waals surface area contributed by atoms with Crippen LogP contribution in [-0.4, -0.2) is 34.9 Å². The number of hydrogen-bond donors (Lipinski definition) is 2. The molecule has 3 aromatic carbocycles. The second kappa shape index (κ2) is 11.4. The highest BCUT2D eigenvalue weighted by Gasteiger charge is 2.34. The lowest BCUT2D eigenvalue weighted by molar-refractivity contribution is -0.113. The van der Waals surface area contributed by atoms with Gasteiger partial charge < -0.3 is 24.8 Å². The average Bonchev–Trinajstić information content (AvgIpc) is 3.40. The van der Waals surface area contributed by atoms with E-state index in [0.29, 0.717) is 56.3 Å². The fourth-order valence-corrected chi connectivity index (χ4v) is 5.10. The van der Waals surface area contributed by atoms with Gasteiger partial charge in [-0.3, -0.25) is 4.79 Å². The number of nitrogens with one attached hydrogen (secondary N) is 2. The van der Waals surface area contributed by atoms with E-state index in [9.17, 15) is 4.79 Å². The summed E-state index contributed by atoms with van der Waals surface area (Å²) in [4.78, 5) is 18.1. The number of ether oxygens (including phenoxy) is 3. The summed E-state index contributed by atoms with van der Waals surface area (Å²) in [6, 6.07) is 17.8. The third-order valence-corrected chi connectivity index (χ3v) is 7.10. The minimum Gasteiger partial charge on any atom is -0.495 e. The Bertz CT molecular complexity index is 1550. The second-order valence-electron chi connectivity index (χ2n) is 8.70. The lowest BCUT2D eigenvalue weighted by atomic mass is 9.94. The van der Waals surface area contributed by atoms with E-state index in [2.05, 4.69) is 36.6 Å². The number of anilines is 2. The van der Waals surface area contributed by atoms with Crippen LogP contribution in [0.1, 0.15) is 24.1 Å². The highest BCUT2D eigenvalue weighted by molar-refractivity contribution is 9.10. The van der Waals surface area contributed by atoms with Crippen molar-refractivity contribution in [3.8, 4) is 17.2 Å². The van der Waals surface area contributed by atoms with Gasteiger partial charge in [-0.1, -0.05) is 35.9 Å². The standard InChI is InChI=1S/C28H25BrClN5O4/c1-16-24(27(36)34-21-6-4-5-7-22(21)37-2)25(35-28(33-16)31-15-32-35)18-12-20(29)26(23(13-18)38-3)39-14-17-8-10-19(30)11-9-17/h4-13,15,25H,14H2,1-3H3,(H,34,36)(H,31,32,33). The van der Waals surface area contributed by atoms with Crippen molar-refractivity contribution in [1.82, 2.24) is 14.8 Å². The number of fused-ring (bicyclic) bond motifs is 1. The monoisotopic (exact) mass is 609 g/mol. The molecule has 1 atom stereocenters. The van der Waals surface area contributed by atoms with Crippen molar-refractivity contribution in [2.75, 3.05) is 24.9 Å². The Hall–Kier alpha value is -4.02. The molecule has 0 aliphatic carbocycles. The summed E-state index contributed by atoms with van der Waals surface area (Å²) in [5.41, 5.74) is 3.36. The number of carbonyl (C=O) groups excluding carboxylic acids is 1. The van der Waals surface area contributed by atoms with Gasteiger partial charge in [-0.05, 0) is 70.4 Å². The van der Waals surface area contributed by atoms with Crippen LogP contribution in [0.15, 0.2) is 82.7 Å². The van der Waals surface area contributed by atoms with E-state index < -0.39 is 6.04 Å². The summed E-state index contributed by atoms with van der Waals surface area (Å²) in [6.07, 6.45) is 1.44. The smallest absolute Gasteiger partial charge is 0.255 e. The first-order chi connectivity index (χ1) is 18.9. The number of para-hydroxylation sites is 2. The number of aromatic nitrogens is 3.